The van der Waals surface area contributed by atoms with Crippen molar-refractivity contribution in [3.05, 3.63) is 36.5 Å². The predicted octanol–water partition coefficient (Wildman–Crippen LogP) is 4.26. The van der Waals surface area contributed by atoms with Crippen LogP contribution in [0.1, 0.15) is 20.8 Å². The van der Waals surface area contributed by atoms with Crippen molar-refractivity contribution in [2.75, 3.05) is 0 Å². The van der Waals surface area contributed by atoms with Gasteiger partial charge < -0.3 is 4.74 Å². The molecule has 94 valence electrons. The van der Waals surface area contributed by atoms with Crippen LogP contribution < -0.4 is 4.74 Å². The zero-order valence-corrected chi connectivity index (χ0v) is 11.8. The van der Waals surface area contributed by atoms with Crippen LogP contribution in [0.2, 0.25) is 0 Å². The number of hydrogen-bond acceptors (Lipinski definition) is 2. The lowest BCUT2D eigenvalue weighted by Gasteiger charge is -2.21. The summed E-state index contributed by atoms with van der Waals surface area (Å²) >= 11 is 0. The van der Waals surface area contributed by atoms with E-state index in [1.165, 1.54) is 0 Å². The molecule has 2 aromatic rings. The first kappa shape index (κ1) is 16.0. The Labute approximate surface area is 114 Å². The lowest BCUT2D eigenvalue weighted by atomic mass is 10.1. The van der Waals surface area contributed by atoms with Gasteiger partial charge in [-0.15, -0.1) is 24.8 Å². The fourth-order valence-electron chi connectivity index (χ4n) is 1.49. The van der Waals surface area contributed by atoms with Crippen LogP contribution in [-0.4, -0.2) is 10.6 Å². The molecule has 0 radical (unpaired) electrons. The Bertz CT molecular complexity index is 475. The van der Waals surface area contributed by atoms with Gasteiger partial charge in [0.2, 0.25) is 0 Å². The average Bonchev–Trinajstić information content (AvgIpc) is 2.16. The zero-order chi connectivity index (χ0) is 10.9. The third kappa shape index (κ3) is 4.06. The van der Waals surface area contributed by atoms with Crippen LogP contribution in [0.5, 0.6) is 5.75 Å². The van der Waals surface area contributed by atoms with Gasteiger partial charge in [0.25, 0.3) is 0 Å². The first-order valence-corrected chi connectivity index (χ1v) is 5.09. The second kappa shape index (κ2) is 6.08. The van der Waals surface area contributed by atoms with E-state index in [1.54, 1.807) is 6.20 Å². The summed E-state index contributed by atoms with van der Waals surface area (Å²) in [6, 6.07) is 9.96. The van der Waals surface area contributed by atoms with Crippen LogP contribution in [0, 0.1) is 0 Å². The van der Waals surface area contributed by atoms with Gasteiger partial charge >= 0.3 is 0 Å². The van der Waals surface area contributed by atoms with E-state index in [9.17, 15) is 0 Å². The van der Waals surface area contributed by atoms with Crippen LogP contribution in [0.3, 0.4) is 0 Å². The van der Waals surface area contributed by atoms with Crippen molar-refractivity contribution in [2.24, 2.45) is 0 Å². The number of aromatic nitrogens is 1. The van der Waals surface area contributed by atoms with Gasteiger partial charge in [-0.1, -0.05) is 18.2 Å². The lowest BCUT2D eigenvalue weighted by molar-refractivity contribution is 0.133. The molecule has 1 heterocycles. The molecule has 17 heavy (non-hydrogen) atoms. The number of nitrogens with zero attached hydrogens (tertiary/aromatic N) is 1. The molecular formula is C13H17Cl2NO. The fourth-order valence-corrected chi connectivity index (χ4v) is 1.49. The number of fused-ring (bicyclic) bond motifs is 1. The minimum absolute atomic E-state index is 0. The lowest BCUT2D eigenvalue weighted by Crippen LogP contribution is -2.23. The molecule has 0 bridgehead atoms. The number of halogens is 2. The van der Waals surface area contributed by atoms with Gasteiger partial charge in [0.15, 0.2) is 0 Å². The zero-order valence-electron chi connectivity index (χ0n) is 10.1. The maximum absolute atomic E-state index is 5.85. The number of rotatable bonds is 1. The Morgan fingerprint density at radius 2 is 1.65 bits per heavy atom. The van der Waals surface area contributed by atoms with E-state index < -0.39 is 0 Å². The molecular weight excluding hydrogens is 257 g/mol. The maximum atomic E-state index is 5.85. The largest absolute Gasteiger partial charge is 0.486 e. The molecule has 0 atom stereocenters. The summed E-state index contributed by atoms with van der Waals surface area (Å²) in [5.41, 5.74) is 0.737. The van der Waals surface area contributed by atoms with Gasteiger partial charge in [-0.25, -0.2) is 0 Å². The molecule has 0 fully saturated rings. The molecule has 0 aliphatic rings. The van der Waals surface area contributed by atoms with Crippen molar-refractivity contribution in [3.63, 3.8) is 0 Å². The number of hydrogen-bond donors (Lipinski definition) is 0. The summed E-state index contributed by atoms with van der Waals surface area (Å²) in [4.78, 5) is 4.34. The van der Waals surface area contributed by atoms with Gasteiger partial charge in [0, 0.05) is 11.6 Å². The second-order valence-electron chi connectivity index (χ2n) is 4.55. The Kier molecular flexibility index (Phi) is 5.73. The molecule has 1 aromatic carbocycles. The van der Waals surface area contributed by atoms with Crippen LogP contribution in [0.25, 0.3) is 10.9 Å². The van der Waals surface area contributed by atoms with E-state index in [-0.39, 0.29) is 30.4 Å². The summed E-state index contributed by atoms with van der Waals surface area (Å²) in [7, 11) is 0. The number of para-hydroxylation sites is 1. The summed E-state index contributed by atoms with van der Waals surface area (Å²) in [6.07, 6.45) is 1.79. The third-order valence-electron chi connectivity index (χ3n) is 2.01. The van der Waals surface area contributed by atoms with E-state index >= 15 is 0 Å². The smallest absolute Gasteiger partial charge is 0.146 e. The number of benzene rings is 1. The molecule has 0 aliphatic heterocycles. The molecule has 0 unspecified atom stereocenters. The van der Waals surface area contributed by atoms with Crippen LogP contribution in [0.15, 0.2) is 36.5 Å². The average molecular weight is 274 g/mol. The Morgan fingerprint density at radius 3 is 2.29 bits per heavy atom. The molecule has 4 heteroatoms. The normalized spacial score (nSPS) is 10.3. The van der Waals surface area contributed by atoms with Crippen molar-refractivity contribution in [1.82, 2.24) is 4.98 Å². The van der Waals surface area contributed by atoms with Crippen molar-refractivity contribution in [1.29, 1.82) is 0 Å². The summed E-state index contributed by atoms with van der Waals surface area (Å²) in [5, 5.41) is 1.11. The molecule has 0 spiro atoms. The maximum Gasteiger partial charge on any atom is 0.146 e. The van der Waals surface area contributed by atoms with Crippen LogP contribution >= 0.6 is 24.8 Å². The van der Waals surface area contributed by atoms with Crippen molar-refractivity contribution in [2.45, 2.75) is 26.4 Å². The highest BCUT2D eigenvalue weighted by Gasteiger charge is 2.13. The van der Waals surface area contributed by atoms with Crippen molar-refractivity contribution in [3.8, 4) is 5.75 Å². The first-order valence-electron chi connectivity index (χ1n) is 5.09. The van der Waals surface area contributed by atoms with E-state index in [4.69, 9.17) is 4.74 Å². The van der Waals surface area contributed by atoms with E-state index in [2.05, 4.69) is 4.98 Å². The molecule has 1 aromatic heterocycles. The number of ether oxygens (including phenoxy) is 1. The Hall–Kier alpha value is -0.990. The van der Waals surface area contributed by atoms with Crippen LogP contribution in [0.4, 0.5) is 0 Å². The predicted molar refractivity (Wildman–Crippen MR) is 76.6 cm³/mol. The molecule has 0 saturated heterocycles. The van der Waals surface area contributed by atoms with Gasteiger partial charge in [0.05, 0.1) is 0 Å². The monoisotopic (exact) mass is 273 g/mol. The number of pyridine rings is 1. The van der Waals surface area contributed by atoms with Gasteiger partial charge in [0.1, 0.15) is 16.9 Å². The highest BCUT2D eigenvalue weighted by atomic mass is 35.5. The Morgan fingerprint density at radius 1 is 1.00 bits per heavy atom. The molecule has 2 rings (SSSR count). The molecule has 0 aliphatic carbocycles. The standard InChI is InChI=1S/C13H15NO.2ClH/c1-13(2,3)15-11-8-4-6-10-7-5-9-14-12(10)11;;/h4-9H,1-3H3;2*1H. The van der Waals surface area contributed by atoms with Crippen molar-refractivity contribution < 1.29 is 4.74 Å². The second-order valence-corrected chi connectivity index (χ2v) is 4.55. The minimum Gasteiger partial charge on any atom is -0.486 e. The molecule has 0 amide bonds. The fraction of sp³-hybridized carbons (Fsp3) is 0.308. The topological polar surface area (TPSA) is 22.1 Å². The molecule has 2 nitrogen and oxygen atoms in total. The Balaban J connectivity index is 0.00000128. The van der Waals surface area contributed by atoms with E-state index in [0.29, 0.717) is 0 Å². The minimum atomic E-state index is -0.189. The summed E-state index contributed by atoms with van der Waals surface area (Å²) < 4.78 is 5.85. The van der Waals surface area contributed by atoms with Gasteiger partial charge in [-0.2, -0.15) is 0 Å². The van der Waals surface area contributed by atoms with Crippen molar-refractivity contribution >= 4 is 35.7 Å². The first-order chi connectivity index (χ1) is 7.06. The quantitative estimate of drug-likeness (QED) is 0.775. The molecule has 0 saturated carbocycles. The van der Waals surface area contributed by atoms with Crippen LogP contribution in [-0.2, 0) is 0 Å². The molecule has 0 N–H and O–H groups in total. The summed E-state index contributed by atoms with van der Waals surface area (Å²) in [6.45, 7) is 6.11. The van der Waals surface area contributed by atoms with E-state index in [0.717, 1.165) is 16.7 Å². The van der Waals surface area contributed by atoms with Gasteiger partial charge in [-0.3, -0.25) is 4.98 Å². The third-order valence-corrected chi connectivity index (χ3v) is 2.01. The highest BCUT2D eigenvalue weighted by molar-refractivity contribution is 5.85. The summed E-state index contributed by atoms with van der Waals surface area (Å²) in [5.74, 6) is 0.848. The highest BCUT2D eigenvalue weighted by Crippen LogP contribution is 2.26. The van der Waals surface area contributed by atoms with Gasteiger partial charge in [-0.05, 0) is 32.9 Å². The van der Waals surface area contributed by atoms with E-state index in [1.807, 2.05) is 51.1 Å². The SMILES string of the molecule is CC(C)(C)Oc1cccc2cccnc12.Cl.Cl.